The monoisotopic (exact) mass is 268 g/mol. The highest BCUT2D eigenvalue weighted by Gasteiger charge is 2.22. The maximum Gasteiger partial charge on any atom is 0.252 e. The second kappa shape index (κ2) is 6.87. The van der Waals surface area contributed by atoms with Gasteiger partial charge in [-0.15, -0.1) is 0 Å². The van der Waals surface area contributed by atoms with Gasteiger partial charge in [0.05, 0.1) is 6.61 Å². The lowest BCUT2D eigenvalue weighted by Crippen LogP contribution is -2.31. The molecule has 18 heavy (non-hydrogen) atoms. The Labute approximate surface area is 112 Å². The molecule has 2 heterocycles. The molecule has 1 fully saturated rings. The number of nitrogens with zero attached hydrogens (tertiary/aromatic N) is 1. The van der Waals surface area contributed by atoms with E-state index in [-0.39, 0.29) is 5.91 Å². The molecule has 0 spiro atoms. The summed E-state index contributed by atoms with van der Waals surface area (Å²) in [4.78, 5) is 14.2. The van der Waals surface area contributed by atoms with E-state index >= 15 is 0 Å². The molecule has 0 saturated carbocycles. The van der Waals surface area contributed by atoms with Gasteiger partial charge in [0.1, 0.15) is 0 Å². The van der Waals surface area contributed by atoms with Crippen LogP contribution in [0.25, 0.3) is 0 Å². The lowest BCUT2D eigenvalue weighted by Gasteiger charge is -2.15. The van der Waals surface area contributed by atoms with E-state index in [9.17, 15) is 4.79 Å². The highest BCUT2D eigenvalue weighted by molar-refractivity contribution is 7.08. The SMILES string of the molecule is COCCN1CC[C@@H](CNC(=O)c2ccsc2)C1. The zero-order valence-electron chi connectivity index (χ0n) is 10.7. The number of carbonyl (C=O) groups is 1. The van der Waals surface area contributed by atoms with Crippen molar-refractivity contribution < 1.29 is 9.53 Å². The minimum Gasteiger partial charge on any atom is -0.383 e. The Kier molecular flexibility index (Phi) is 5.16. The number of amides is 1. The Bertz CT molecular complexity index is 367. The molecule has 1 atom stereocenters. The number of hydrogen-bond donors (Lipinski definition) is 1. The van der Waals surface area contributed by atoms with Gasteiger partial charge in [0.2, 0.25) is 0 Å². The van der Waals surface area contributed by atoms with E-state index < -0.39 is 0 Å². The molecule has 1 aliphatic heterocycles. The zero-order chi connectivity index (χ0) is 12.8. The Hall–Kier alpha value is -0.910. The number of ether oxygens (including phenoxy) is 1. The predicted octanol–water partition coefficient (Wildman–Crippen LogP) is 1.45. The molecular formula is C13H20N2O2S. The van der Waals surface area contributed by atoms with Gasteiger partial charge in [-0.3, -0.25) is 4.79 Å². The van der Waals surface area contributed by atoms with Crippen molar-refractivity contribution in [3.63, 3.8) is 0 Å². The Morgan fingerprint density at radius 3 is 3.28 bits per heavy atom. The van der Waals surface area contributed by atoms with Crippen LogP contribution in [0.5, 0.6) is 0 Å². The molecule has 1 aromatic heterocycles. The first-order valence-corrected chi connectivity index (χ1v) is 7.25. The highest BCUT2D eigenvalue weighted by Crippen LogP contribution is 2.15. The van der Waals surface area contributed by atoms with E-state index in [1.165, 1.54) is 0 Å². The second-order valence-electron chi connectivity index (χ2n) is 4.67. The number of carbonyl (C=O) groups excluding carboxylic acids is 1. The topological polar surface area (TPSA) is 41.6 Å². The van der Waals surface area contributed by atoms with Gasteiger partial charge in [0.15, 0.2) is 0 Å². The summed E-state index contributed by atoms with van der Waals surface area (Å²) in [6, 6.07) is 1.86. The summed E-state index contributed by atoms with van der Waals surface area (Å²) in [5.74, 6) is 0.621. The van der Waals surface area contributed by atoms with Crippen molar-refractivity contribution in [1.29, 1.82) is 0 Å². The summed E-state index contributed by atoms with van der Waals surface area (Å²) in [5, 5.41) is 6.82. The first-order chi connectivity index (χ1) is 8.79. The minimum absolute atomic E-state index is 0.0478. The van der Waals surface area contributed by atoms with E-state index in [0.29, 0.717) is 5.92 Å². The number of nitrogens with one attached hydrogen (secondary N) is 1. The van der Waals surface area contributed by atoms with Gasteiger partial charge in [-0.25, -0.2) is 0 Å². The number of methoxy groups -OCH3 is 1. The first kappa shape index (κ1) is 13.5. The van der Waals surface area contributed by atoms with Crippen molar-refractivity contribution in [2.75, 3.05) is 39.9 Å². The fraction of sp³-hybridized carbons (Fsp3) is 0.615. The molecule has 1 amide bonds. The van der Waals surface area contributed by atoms with E-state index in [1.807, 2.05) is 16.8 Å². The first-order valence-electron chi connectivity index (χ1n) is 6.31. The molecule has 100 valence electrons. The summed E-state index contributed by atoms with van der Waals surface area (Å²) in [6.45, 7) is 4.73. The van der Waals surface area contributed by atoms with Crippen molar-refractivity contribution in [2.24, 2.45) is 5.92 Å². The van der Waals surface area contributed by atoms with Crippen molar-refractivity contribution in [3.8, 4) is 0 Å². The molecule has 0 unspecified atom stereocenters. The number of rotatable bonds is 6. The molecule has 0 aromatic carbocycles. The third-order valence-electron chi connectivity index (χ3n) is 3.32. The molecule has 4 nitrogen and oxygen atoms in total. The maximum absolute atomic E-state index is 11.8. The Balaban J connectivity index is 1.67. The van der Waals surface area contributed by atoms with Crippen LogP contribution in [0.1, 0.15) is 16.8 Å². The van der Waals surface area contributed by atoms with Gasteiger partial charge in [0, 0.05) is 37.7 Å². The summed E-state index contributed by atoms with van der Waals surface area (Å²) in [6.07, 6.45) is 1.16. The average molecular weight is 268 g/mol. The van der Waals surface area contributed by atoms with Gasteiger partial charge in [-0.1, -0.05) is 0 Å². The van der Waals surface area contributed by atoms with Crippen LogP contribution in [0.2, 0.25) is 0 Å². The summed E-state index contributed by atoms with van der Waals surface area (Å²) < 4.78 is 5.08. The van der Waals surface area contributed by atoms with Crippen LogP contribution in [-0.4, -0.2) is 50.7 Å². The van der Waals surface area contributed by atoms with E-state index in [0.717, 1.165) is 44.8 Å². The lowest BCUT2D eigenvalue weighted by molar-refractivity contribution is 0.0947. The molecule has 1 aliphatic rings. The average Bonchev–Trinajstić information content (AvgIpc) is 3.04. The van der Waals surface area contributed by atoms with Crippen LogP contribution >= 0.6 is 11.3 Å². The molecule has 0 bridgehead atoms. The quantitative estimate of drug-likeness (QED) is 0.849. The summed E-state index contributed by atoms with van der Waals surface area (Å²) in [5.41, 5.74) is 0.772. The number of thiophene rings is 1. The summed E-state index contributed by atoms with van der Waals surface area (Å²) in [7, 11) is 1.73. The zero-order valence-corrected chi connectivity index (χ0v) is 11.5. The minimum atomic E-state index is 0.0478. The van der Waals surface area contributed by atoms with Gasteiger partial charge in [-0.05, 0) is 30.3 Å². The van der Waals surface area contributed by atoms with Crippen LogP contribution in [-0.2, 0) is 4.74 Å². The summed E-state index contributed by atoms with van der Waals surface area (Å²) >= 11 is 1.55. The van der Waals surface area contributed by atoms with Gasteiger partial charge in [0.25, 0.3) is 5.91 Å². The number of hydrogen-bond acceptors (Lipinski definition) is 4. The molecular weight excluding hydrogens is 248 g/mol. The van der Waals surface area contributed by atoms with Crippen molar-refractivity contribution in [1.82, 2.24) is 10.2 Å². The standard InChI is InChI=1S/C13H20N2O2S/c1-17-6-5-15-4-2-11(9-15)8-14-13(16)12-3-7-18-10-12/h3,7,10-11H,2,4-6,8-9H2,1H3,(H,14,16)/t11-/m0/s1. The Morgan fingerprint density at radius 2 is 2.56 bits per heavy atom. The van der Waals surface area contributed by atoms with Crippen LogP contribution in [0.4, 0.5) is 0 Å². The van der Waals surface area contributed by atoms with Crippen LogP contribution in [0, 0.1) is 5.92 Å². The molecule has 1 N–H and O–H groups in total. The van der Waals surface area contributed by atoms with Crippen LogP contribution in [0.15, 0.2) is 16.8 Å². The highest BCUT2D eigenvalue weighted by atomic mass is 32.1. The lowest BCUT2D eigenvalue weighted by atomic mass is 10.1. The third-order valence-corrected chi connectivity index (χ3v) is 4.00. The molecule has 1 aromatic rings. The molecule has 5 heteroatoms. The van der Waals surface area contributed by atoms with Gasteiger partial charge >= 0.3 is 0 Å². The van der Waals surface area contributed by atoms with Crippen LogP contribution in [0.3, 0.4) is 0 Å². The molecule has 0 radical (unpaired) electrons. The van der Waals surface area contributed by atoms with Crippen molar-refractivity contribution in [3.05, 3.63) is 22.4 Å². The molecule has 2 rings (SSSR count). The Morgan fingerprint density at radius 1 is 1.67 bits per heavy atom. The van der Waals surface area contributed by atoms with E-state index in [2.05, 4.69) is 10.2 Å². The second-order valence-corrected chi connectivity index (χ2v) is 5.45. The molecule has 0 aliphatic carbocycles. The van der Waals surface area contributed by atoms with Gasteiger partial charge in [-0.2, -0.15) is 11.3 Å². The molecule has 1 saturated heterocycles. The fourth-order valence-electron chi connectivity index (χ4n) is 2.24. The normalized spacial score (nSPS) is 20.2. The van der Waals surface area contributed by atoms with Crippen molar-refractivity contribution >= 4 is 17.2 Å². The van der Waals surface area contributed by atoms with E-state index in [4.69, 9.17) is 4.74 Å². The van der Waals surface area contributed by atoms with Crippen molar-refractivity contribution in [2.45, 2.75) is 6.42 Å². The number of likely N-dealkylation sites (tertiary alicyclic amines) is 1. The smallest absolute Gasteiger partial charge is 0.252 e. The predicted molar refractivity (Wildman–Crippen MR) is 73.1 cm³/mol. The maximum atomic E-state index is 11.8. The largest absolute Gasteiger partial charge is 0.383 e. The van der Waals surface area contributed by atoms with E-state index in [1.54, 1.807) is 18.4 Å². The van der Waals surface area contributed by atoms with Crippen LogP contribution < -0.4 is 5.32 Å². The fourth-order valence-corrected chi connectivity index (χ4v) is 2.87. The van der Waals surface area contributed by atoms with Gasteiger partial charge < -0.3 is 15.0 Å². The third kappa shape index (κ3) is 3.80.